The summed E-state index contributed by atoms with van der Waals surface area (Å²) in [4.78, 5) is 81.7. The molecule has 13 aromatic carbocycles. The summed E-state index contributed by atoms with van der Waals surface area (Å²) in [7, 11) is 0. The number of rotatable bonds is 28. The minimum Gasteiger partial charge on any atom is -0.508 e. The predicted octanol–water partition coefficient (Wildman–Crippen LogP) is 10.1. The Kier molecular flexibility index (Phi) is 39.9. The highest BCUT2D eigenvalue weighted by Crippen LogP contribution is 2.44. The van der Waals surface area contributed by atoms with Gasteiger partial charge in [-0.3, -0.25) is 28.8 Å². The van der Waals surface area contributed by atoms with Crippen LogP contribution >= 0.6 is 0 Å². The Labute approximate surface area is 834 Å². The third-order valence-electron chi connectivity index (χ3n) is 20.5. The summed E-state index contributed by atoms with van der Waals surface area (Å²) >= 11 is 0. The maximum atomic E-state index is 11.7. The van der Waals surface area contributed by atoms with Crippen molar-refractivity contribution >= 4 is 58.5 Å². The summed E-state index contributed by atoms with van der Waals surface area (Å²) < 4.78 is 6.05. The maximum Gasteiger partial charge on any atom is 0.319 e. The van der Waals surface area contributed by atoms with Crippen molar-refractivity contribution in [3.8, 4) is 155 Å². The number of phenols is 26. The first kappa shape index (κ1) is 110. The van der Waals surface area contributed by atoms with Crippen LogP contribution in [0.15, 0.2) is 267 Å². The van der Waals surface area contributed by atoms with Crippen LogP contribution in [0.4, 0.5) is 21.9 Å². The van der Waals surface area contributed by atoms with Crippen molar-refractivity contribution in [2.45, 2.75) is 70.8 Å². The molecule has 0 bridgehead atoms. The minimum absolute atomic E-state index is 0.0916. The first-order valence-corrected chi connectivity index (χ1v) is 43.5. The van der Waals surface area contributed by atoms with Crippen LogP contribution in [0, 0.1) is 0 Å². The molecule has 1 aliphatic heterocycles. The number of ether oxygens (including phenoxy) is 1. The Balaban J connectivity index is 0.000000197. The first-order chi connectivity index (χ1) is 69.9. The number of hydrogen-bond donors (Lipinski definition) is 36. The largest absolute Gasteiger partial charge is 0.508 e. The fraction of sp³-hybridized carbons (Fsp3) is 0.117. The molecule has 0 aromatic heterocycles. The van der Waals surface area contributed by atoms with Crippen molar-refractivity contribution in [2.24, 2.45) is 0 Å². The first-order valence-electron chi connectivity index (χ1n) is 43.5. The SMILES string of the molecule is O=C(/C=C/C(=O)NCc1ccc(O)c(O)c1)NCc1ccc(O)c(O)c1.O=C(/C=C/C(=O)Nc1ccc(O)c(O)c1)Nc1ccc(O)c(O)c1.O=C(/C=C\C(=O)NCc1ccc(O)c(O)c1)NCc1ccc(O)c(O)c1.O=C(NCc1ccc(O)c(O)c1)Nc1ccc(O)c(O)c1.Oc1cc(O)c2c(c1)OC(c1ccc(O)c(O)c1)C(NCc1ccc(O)c(O)c1)C2.Oc1ccc(CCNCc2ccc(O)c(O)c2)cc1O. The molecule has 768 valence electrons. The Morgan fingerprint density at radius 1 is 0.245 bits per heavy atom. The molecule has 147 heavy (non-hydrogen) atoms. The van der Waals surface area contributed by atoms with Gasteiger partial charge in [0, 0.05) is 135 Å². The lowest BCUT2D eigenvalue weighted by Gasteiger charge is -2.35. The quantitative estimate of drug-likeness (QED) is 0.00937. The van der Waals surface area contributed by atoms with Crippen molar-refractivity contribution in [3.63, 3.8) is 0 Å². The van der Waals surface area contributed by atoms with E-state index < -0.39 is 47.6 Å². The number of aromatic hydroxyl groups is 26. The molecule has 1 aliphatic rings. The Hall–Kier alpha value is -20.3. The molecule has 1 heterocycles. The molecule has 0 aliphatic carbocycles. The van der Waals surface area contributed by atoms with E-state index in [1.165, 1.54) is 164 Å². The normalized spacial score (nSPS) is 12.0. The Morgan fingerprint density at radius 3 is 0.816 bits per heavy atom. The molecular weight excluding hydrogens is 1920 g/mol. The zero-order chi connectivity index (χ0) is 107. The molecule has 0 fully saturated rings. The minimum atomic E-state index is -0.621. The molecule has 14 rings (SSSR count). The summed E-state index contributed by atoms with van der Waals surface area (Å²) in [5.74, 6) is -9.33. The van der Waals surface area contributed by atoms with E-state index in [1.54, 1.807) is 54.6 Å². The molecule has 0 radical (unpaired) electrons. The molecule has 13 aromatic rings. The van der Waals surface area contributed by atoms with Gasteiger partial charge in [0.15, 0.2) is 138 Å². The van der Waals surface area contributed by atoms with Gasteiger partial charge >= 0.3 is 6.03 Å². The number of urea groups is 1. The number of phenolic OH excluding ortho intramolecular Hbond substituents is 26. The molecule has 2 atom stereocenters. The molecule has 0 saturated carbocycles. The van der Waals surface area contributed by atoms with Gasteiger partial charge in [0.05, 0.1) is 6.04 Å². The second-order valence-corrected chi connectivity index (χ2v) is 31.7. The van der Waals surface area contributed by atoms with Crippen molar-refractivity contribution in [3.05, 3.63) is 323 Å². The van der Waals surface area contributed by atoms with Gasteiger partial charge in [0.2, 0.25) is 35.4 Å². The fourth-order valence-electron chi connectivity index (χ4n) is 12.8. The van der Waals surface area contributed by atoms with E-state index in [0.29, 0.717) is 82.9 Å². The van der Waals surface area contributed by atoms with Gasteiger partial charge in [-0.2, -0.15) is 0 Å². The summed E-state index contributed by atoms with van der Waals surface area (Å²) in [6.45, 7) is 2.19. The van der Waals surface area contributed by atoms with Crippen molar-refractivity contribution in [1.82, 2.24) is 37.2 Å². The van der Waals surface area contributed by atoms with Crippen LogP contribution in [0.3, 0.4) is 0 Å². The van der Waals surface area contributed by atoms with Crippen LogP contribution in [0.2, 0.25) is 0 Å². The van der Waals surface area contributed by atoms with Gasteiger partial charge in [-0.25, -0.2) is 4.79 Å². The monoisotopic (exact) mass is 2020 g/mol. The molecule has 8 amide bonds. The molecule has 44 nitrogen and oxygen atoms in total. The zero-order valence-electron chi connectivity index (χ0n) is 77.0. The fourth-order valence-corrected chi connectivity index (χ4v) is 12.8. The summed E-state index contributed by atoms with van der Waals surface area (Å²) in [5.41, 5.74) is 7.35. The Morgan fingerprint density at radius 2 is 0.503 bits per heavy atom. The van der Waals surface area contributed by atoms with Crippen molar-refractivity contribution in [2.75, 3.05) is 22.5 Å². The van der Waals surface area contributed by atoms with E-state index in [-0.39, 0.29) is 200 Å². The summed E-state index contributed by atoms with van der Waals surface area (Å²) in [6, 6.07) is 52.3. The van der Waals surface area contributed by atoms with Crippen LogP contribution < -0.4 is 57.9 Å². The van der Waals surface area contributed by atoms with Crippen LogP contribution in [0.1, 0.15) is 61.7 Å². The molecule has 2 unspecified atom stereocenters. The lowest BCUT2D eigenvalue weighted by atomic mass is 9.91. The second kappa shape index (κ2) is 53.2. The molecule has 0 saturated heterocycles. The van der Waals surface area contributed by atoms with E-state index in [4.69, 9.17) is 20.1 Å². The average molecular weight is 2020 g/mol. The molecule has 36 N–H and O–H groups in total. The van der Waals surface area contributed by atoms with E-state index in [0.717, 1.165) is 65.3 Å². The van der Waals surface area contributed by atoms with Gasteiger partial charge < -0.3 is 191 Å². The van der Waals surface area contributed by atoms with Gasteiger partial charge in [0.25, 0.3) is 0 Å². The maximum absolute atomic E-state index is 11.7. The van der Waals surface area contributed by atoms with E-state index in [1.807, 2.05) is 0 Å². The molecular formula is C103H102N10O34. The highest BCUT2D eigenvalue weighted by molar-refractivity contribution is 6.07. The number of fused-ring (bicyclic) bond motifs is 1. The van der Waals surface area contributed by atoms with Gasteiger partial charge in [-0.05, 0) is 215 Å². The van der Waals surface area contributed by atoms with Crippen LogP contribution in [0.25, 0.3) is 0 Å². The van der Waals surface area contributed by atoms with Crippen LogP contribution in [-0.2, 0) is 87.4 Å². The predicted molar refractivity (Wildman–Crippen MR) is 528 cm³/mol. The summed E-state index contributed by atoms with van der Waals surface area (Å²) in [5, 5.41) is 271. The number of benzene rings is 13. The van der Waals surface area contributed by atoms with Gasteiger partial charge in [0.1, 0.15) is 23.4 Å². The number of carbonyl (C=O) groups is 7. The zero-order valence-corrected chi connectivity index (χ0v) is 77.0. The van der Waals surface area contributed by atoms with E-state index >= 15 is 0 Å². The average Bonchev–Trinajstić information content (AvgIpc) is 0.774. The molecule has 44 heteroatoms. The lowest BCUT2D eigenvalue weighted by molar-refractivity contribution is -0.118. The van der Waals surface area contributed by atoms with E-state index in [9.17, 15) is 151 Å². The smallest absolute Gasteiger partial charge is 0.319 e. The van der Waals surface area contributed by atoms with Crippen LogP contribution in [0.5, 0.6) is 155 Å². The van der Waals surface area contributed by atoms with Crippen molar-refractivity contribution in [1.29, 1.82) is 0 Å². The molecule has 0 spiro atoms. The third-order valence-corrected chi connectivity index (χ3v) is 20.5. The number of nitrogens with one attached hydrogen (secondary N) is 10. The second-order valence-electron chi connectivity index (χ2n) is 31.7. The highest BCUT2D eigenvalue weighted by Gasteiger charge is 2.34. The number of carbonyl (C=O) groups excluding carboxylic acids is 7. The van der Waals surface area contributed by atoms with Crippen LogP contribution in [-0.4, -0.2) is 187 Å². The topological polar surface area (TPSA) is 775 Å². The number of amides is 8. The standard InChI is InChI=1S/C22H21NO7.2C18H18N2O6.C16H14N2O6.C15H17NO4.C14H14N2O5/c24-13-7-18(27)14-9-15(23-10-11-1-3-16(25)19(28)5-11)22(30-21(14)8-13)12-2-4-17(26)20(29)6-12;2*21-13-3-1-11(7-15(13)23)9-19-17(25)5-6-18(26)20-10-12-2-4-14(22)16(24)8-12;19-11-3-1-9(7-13(11)21)17-15(23)5-6-16(24)18-10-2-4-12(20)14(22)8-10;17-12-3-1-10(7-14(12)19)5-6-16-9-11-2-4-13(18)15(20)8-11;17-10-3-1-8(5-12(10)19)7-15-14(21)16-9-2-4-11(18)13(20)6-9/h1-8,15,22-29H,9-10H2;2*1-8,21-24H,9-10H2,(H,19,25)(H,20,26);1-8,19-22H,(H,17,23)(H,18,24);1-4,7-8,16-20H,5-6,9H2;1-6,17-20H,7H2,(H2,15,16,21)/b;6-5+;6-5-;6-5+;;. The van der Waals surface area contributed by atoms with Gasteiger partial charge in [-0.1, -0.05) is 54.6 Å². The Bertz CT molecular complexity index is 6580. The van der Waals surface area contributed by atoms with Crippen molar-refractivity contribution < 1.29 is 171 Å². The summed E-state index contributed by atoms with van der Waals surface area (Å²) in [6.07, 6.45) is 6.65. The number of hydrogen-bond acceptors (Lipinski definition) is 36. The lowest BCUT2D eigenvalue weighted by Crippen LogP contribution is -2.41. The number of anilines is 3. The highest BCUT2D eigenvalue weighted by atomic mass is 16.5. The van der Waals surface area contributed by atoms with Gasteiger partial charge in [-0.15, -0.1) is 0 Å². The third kappa shape index (κ3) is 35.8. The van der Waals surface area contributed by atoms with E-state index in [2.05, 4.69) is 53.2 Å².